The van der Waals surface area contributed by atoms with Crippen LogP contribution >= 0.6 is 39.9 Å². The van der Waals surface area contributed by atoms with Gasteiger partial charge in [-0.05, 0) is 37.0 Å². The van der Waals surface area contributed by atoms with Gasteiger partial charge in [-0.2, -0.15) is 0 Å². The summed E-state index contributed by atoms with van der Waals surface area (Å²) in [6, 6.07) is 5.89. The molecule has 2 aliphatic rings. The first-order valence-corrected chi connectivity index (χ1v) is 13.8. The summed E-state index contributed by atoms with van der Waals surface area (Å²) in [5.41, 5.74) is 2.24. The highest BCUT2D eigenvalue weighted by atomic mass is 79.9. The Bertz CT molecular complexity index is 915. The third-order valence-corrected chi connectivity index (χ3v) is 8.21. The van der Waals surface area contributed by atoms with Crippen molar-refractivity contribution in [2.24, 2.45) is 5.92 Å². The zero-order valence-corrected chi connectivity index (χ0v) is 22.5. The Balaban J connectivity index is 1.90. The number of carbonyl (C=O) groups excluding carboxylic acids is 2. The van der Waals surface area contributed by atoms with Crippen LogP contribution < -0.4 is 4.90 Å². The number of fused-ring (bicyclic) bond motifs is 1. The number of nitrogens with zero attached hydrogens (tertiary/aromatic N) is 2. The topological polar surface area (TPSA) is 40.6 Å². The molecule has 32 heavy (non-hydrogen) atoms. The lowest BCUT2D eigenvalue weighted by molar-refractivity contribution is -0.123. The lowest BCUT2D eigenvalue weighted by atomic mass is 9.98. The van der Waals surface area contributed by atoms with E-state index < -0.39 is 0 Å². The molecule has 1 aromatic rings. The molecule has 1 atom stereocenters. The molecular formula is C25H33BrN2O2S2. The number of rotatable bonds is 11. The van der Waals surface area contributed by atoms with Gasteiger partial charge in [0.05, 0.1) is 16.2 Å². The Labute approximate surface area is 210 Å². The van der Waals surface area contributed by atoms with Crippen molar-refractivity contribution < 1.29 is 9.59 Å². The lowest BCUT2D eigenvalue weighted by Crippen LogP contribution is -2.33. The summed E-state index contributed by atoms with van der Waals surface area (Å²) in [5, 5.41) is 0. The lowest BCUT2D eigenvalue weighted by Gasteiger charge is -2.21. The predicted molar refractivity (Wildman–Crippen MR) is 143 cm³/mol. The standard InChI is InChI=1S/C25H33BrN2O2S2/c1-4-7-9-10-14-27-20-13-12-18(26)15-19(20)21(23(27)29)22-24(30)28(25(31)32-22)16-17(6-3)11-8-5-2/h12-13,15,17H,4-11,14,16H2,1-3H3. The first-order valence-electron chi connectivity index (χ1n) is 11.8. The Morgan fingerprint density at radius 1 is 1.00 bits per heavy atom. The highest BCUT2D eigenvalue weighted by Crippen LogP contribution is 2.45. The molecule has 0 spiro atoms. The van der Waals surface area contributed by atoms with Gasteiger partial charge in [-0.1, -0.05) is 99.2 Å². The summed E-state index contributed by atoms with van der Waals surface area (Å²) < 4.78 is 1.47. The predicted octanol–water partition coefficient (Wildman–Crippen LogP) is 7.16. The van der Waals surface area contributed by atoms with Gasteiger partial charge in [0.15, 0.2) is 0 Å². The highest BCUT2D eigenvalue weighted by Gasteiger charge is 2.42. The second-order valence-electron chi connectivity index (χ2n) is 8.58. The number of hydrogen-bond donors (Lipinski definition) is 0. The van der Waals surface area contributed by atoms with Crippen LogP contribution in [0.15, 0.2) is 27.6 Å². The quantitative estimate of drug-likeness (QED) is 0.171. The van der Waals surface area contributed by atoms with Gasteiger partial charge in [-0.15, -0.1) is 0 Å². The fourth-order valence-electron chi connectivity index (χ4n) is 4.32. The van der Waals surface area contributed by atoms with Crippen molar-refractivity contribution in [2.45, 2.75) is 72.1 Å². The number of unbranched alkanes of at least 4 members (excludes halogenated alkanes) is 4. The van der Waals surface area contributed by atoms with E-state index >= 15 is 0 Å². The van der Waals surface area contributed by atoms with Gasteiger partial charge < -0.3 is 4.90 Å². The minimum Gasteiger partial charge on any atom is -0.308 e. The number of anilines is 1. The SMILES string of the molecule is CCCCCCN1C(=O)C(=C2SC(=S)N(CC(CC)CCCC)C2=O)c2cc(Br)ccc21. The number of amides is 2. The molecule has 0 N–H and O–H groups in total. The molecule has 2 heterocycles. The second-order valence-corrected chi connectivity index (χ2v) is 11.1. The van der Waals surface area contributed by atoms with Crippen LogP contribution in [0.2, 0.25) is 0 Å². The molecule has 7 heteroatoms. The molecule has 1 aromatic carbocycles. The van der Waals surface area contributed by atoms with E-state index in [1.165, 1.54) is 11.8 Å². The molecule has 2 amide bonds. The smallest absolute Gasteiger partial charge is 0.267 e. The summed E-state index contributed by atoms with van der Waals surface area (Å²) in [4.78, 5) is 31.0. The van der Waals surface area contributed by atoms with Crippen LogP contribution in [0, 0.1) is 5.92 Å². The third kappa shape index (κ3) is 5.48. The molecule has 0 aromatic heterocycles. The molecule has 3 rings (SSSR count). The molecule has 1 saturated heterocycles. The Hall–Kier alpha value is -1.18. The Morgan fingerprint density at radius 2 is 1.75 bits per heavy atom. The minimum atomic E-state index is -0.114. The number of halogens is 1. The maximum atomic E-state index is 13.5. The molecule has 174 valence electrons. The molecule has 1 fully saturated rings. The molecule has 4 nitrogen and oxygen atoms in total. The molecule has 0 radical (unpaired) electrons. The van der Waals surface area contributed by atoms with Crippen molar-refractivity contribution in [2.75, 3.05) is 18.0 Å². The van der Waals surface area contributed by atoms with Gasteiger partial charge >= 0.3 is 0 Å². The Kier molecular flexibility index (Phi) is 9.38. The van der Waals surface area contributed by atoms with Crippen LogP contribution in [0.25, 0.3) is 5.57 Å². The van der Waals surface area contributed by atoms with E-state index in [1.807, 2.05) is 23.1 Å². The molecule has 0 saturated carbocycles. The maximum absolute atomic E-state index is 13.5. The van der Waals surface area contributed by atoms with Gasteiger partial charge in [-0.25, -0.2) is 0 Å². The minimum absolute atomic E-state index is 0.0758. The van der Waals surface area contributed by atoms with Crippen LogP contribution in [0.5, 0.6) is 0 Å². The van der Waals surface area contributed by atoms with Crippen LogP contribution in [-0.2, 0) is 9.59 Å². The monoisotopic (exact) mass is 536 g/mol. The molecule has 0 bridgehead atoms. The van der Waals surface area contributed by atoms with E-state index in [0.29, 0.717) is 33.8 Å². The van der Waals surface area contributed by atoms with Crippen molar-refractivity contribution in [3.63, 3.8) is 0 Å². The van der Waals surface area contributed by atoms with Gasteiger partial charge in [0.1, 0.15) is 4.32 Å². The normalized spacial score (nSPS) is 19.3. The van der Waals surface area contributed by atoms with Gasteiger partial charge in [-0.3, -0.25) is 14.5 Å². The first-order chi connectivity index (χ1) is 15.4. The summed E-state index contributed by atoms with van der Waals surface area (Å²) >= 11 is 10.4. The largest absolute Gasteiger partial charge is 0.308 e. The summed E-state index contributed by atoms with van der Waals surface area (Å²) in [7, 11) is 0. The average molecular weight is 538 g/mol. The van der Waals surface area contributed by atoms with Crippen molar-refractivity contribution in [3.8, 4) is 0 Å². The number of thiocarbonyl (C=S) groups is 1. The fourth-order valence-corrected chi connectivity index (χ4v) is 6.03. The molecular weight excluding hydrogens is 504 g/mol. The van der Waals surface area contributed by atoms with Gasteiger partial charge in [0, 0.05) is 23.1 Å². The number of carbonyl (C=O) groups is 2. The maximum Gasteiger partial charge on any atom is 0.267 e. The third-order valence-electron chi connectivity index (χ3n) is 6.27. The average Bonchev–Trinajstić information content (AvgIpc) is 3.20. The first kappa shape index (κ1) is 25.4. The zero-order valence-electron chi connectivity index (χ0n) is 19.3. The van der Waals surface area contributed by atoms with Crippen molar-refractivity contribution in [1.29, 1.82) is 0 Å². The number of thioether (sulfide) groups is 1. The highest BCUT2D eigenvalue weighted by molar-refractivity contribution is 9.10. The zero-order chi connectivity index (χ0) is 23.3. The Morgan fingerprint density at radius 3 is 2.44 bits per heavy atom. The molecule has 1 unspecified atom stereocenters. The van der Waals surface area contributed by atoms with E-state index in [1.54, 1.807) is 4.90 Å². The van der Waals surface area contributed by atoms with Crippen LogP contribution in [0.1, 0.15) is 77.7 Å². The van der Waals surface area contributed by atoms with Crippen molar-refractivity contribution >= 4 is 67.3 Å². The van der Waals surface area contributed by atoms with Crippen LogP contribution in [0.4, 0.5) is 5.69 Å². The van der Waals surface area contributed by atoms with Crippen molar-refractivity contribution in [3.05, 3.63) is 33.1 Å². The van der Waals surface area contributed by atoms with E-state index in [-0.39, 0.29) is 11.8 Å². The van der Waals surface area contributed by atoms with Crippen LogP contribution in [0.3, 0.4) is 0 Å². The van der Waals surface area contributed by atoms with E-state index in [9.17, 15) is 9.59 Å². The van der Waals surface area contributed by atoms with Gasteiger partial charge in [0.2, 0.25) is 0 Å². The van der Waals surface area contributed by atoms with Gasteiger partial charge in [0.25, 0.3) is 11.8 Å². The van der Waals surface area contributed by atoms with E-state index in [0.717, 1.165) is 67.1 Å². The number of benzene rings is 1. The van der Waals surface area contributed by atoms with Crippen LogP contribution in [-0.4, -0.2) is 34.1 Å². The molecule has 0 aliphatic carbocycles. The van der Waals surface area contributed by atoms with Crippen molar-refractivity contribution in [1.82, 2.24) is 4.90 Å². The second kappa shape index (κ2) is 11.8. The summed E-state index contributed by atoms with van der Waals surface area (Å²) in [5.74, 6) is 0.239. The van der Waals surface area contributed by atoms with E-state index in [4.69, 9.17) is 12.2 Å². The molecule has 2 aliphatic heterocycles. The van der Waals surface area contributed by atoms with E-state index in [2.05, 4.69) is 36.7 Å². The summed E-state index contributed by atoms with van der Waals surface area (Å²) in [6.07, 6.45) is 8.78. The number of hydrogen-bond acceptors (Lipinski definition) is 4. The summed E-state index contributed by atoms with van der Waals surface area (Å²) in [6.45, 7) is 7.84. The fraction of sp³-hybridized carbons (Fsp3) is 0.560.